The van der Waals surface area contributed by atoms with Gasteiger partial charge in [0.25, 0.3) is 0 Å². The molecule has 0 aliphatic rings. The molecule has 0 aliphatic carbocycles. The normalized spacial score (nSPS) is 17.2. The highest BCUT2D eigenvalue weighted by molar-refractivity contribution is 6.84. The highest BCUT2D eigenvalue weighted by Crippen LogP contribution is 2.32. The maximum absolute atomic E-state index is 7.28. The molecular formula is C30H86O12Si12. The summed E-state index contributed by atoms with van der Waals surface area (Å²) in [7, 11) is -26.6. The molecule has 4 unspecified atom stereocenters. The monoisotopic (exact) mass is 974 g/mol. The Morgan fingerprint density at radius 3 is 0.611 bits per heavy atom. The Bertz CT molecular complexity index is 1030. The Balaban J connectivity index is 7.33. The van der Waals surface area contributed by atoms with Gasteiger partial charge in [-0.15, -0.1) is 0 Å². The molecule has 54 heavy (non-hydrogen) atoms. The lowest BCUT2D eigenvalue weighted by Crippen LogP contribution is -2.62. The summed E-state index contributed by atoms with van der Waals surface area (Å²) >= 11 is 0. The molecule has 0 aromatic heterocycles. The summed E-state index contributed by atoms with van der Waals surface area (Å²) in [6.07, 6.45) is -2.16. The highest BCUT2D eigenvalue weighted by atomic mass is 28.5. The average molecular weight is 976 g/mol. The maximum atomic E-state index is 7.28. The van der Waals surface area contributed by atoms with Crippen LogP contribution >= 0.6 is 0 Å². The van der Waals surface area contributed by atoms with Gasteiger partial charge >= 0.3 is 68.5 Å². The predicted molar refractivity (Wildman–Crippen MR) is 255 cm³/mol. The van der Waals surface area contributed by atoms with E-state index in [0.717, 1.165) is 0 Å². The Kier molecular flexibility index (Phi) is 22.6. The van der Waals surface area contributed by atoms with E-state index in [-0.39, 0.29) is 0 Å². The molecule has 0 rings (SSSR count). The summed E-state index contributed by atoms with van der Waals surface area (Å²) in [5, 5.41) is 0. The van der Waals surface area contributed by atoms with Crippen molar-refractivity contribution >= 4 is 105 Å². The molecule has 24 heteroatoms. The van der Waals surface area contributed by atoms with Crippen molar-refractivity contribution in [1.29, 1.82) is 0 Å². The summed E-state index contributed by atoms with van der Waals surface area (Å²) < 4.78 is 81.7. The van der Waals surface area contributed by atoms with Crippen LogP contribution in [-0.4, -0.2) is 129 Å². The van der Waals surface area contributed by atoms with E-state index < -0.39 is 129 Å². The minimum absolute atomic E-state index is 0.467. The van der Waals surface area contributed by atoms with Crippen LogP contribution in [0.3, 0.4) is 0 Å². The van der Waals surface area contributed by atoms with Gasteiger partial charge in [0.15, 0.2) is 36.2 Å². The number of hydrogen-bond donors (Lipinski definition) is 0. The third-order valence-corrected chi connectivity index (χ3v) is 43.0. The third kappa shape index (κ3) is 25.0. The van der Waals surface area contributed by atoms with E-state index >= 15 is 0 Å². The van der Waals surface area contributed by atoms with Crippen LogP contribution in [0, 0.1) is 0 Å². The van der Waals surface area contributed by atoms with Crippen LogP contribution in [0.5, 0.6) is 0 Å². The first kappa shape index (κ1) is 56.1. The number of rotatable bonds is 27. The van der Waals surface area contributed by atoms with E-state index in [2.05, 4.69) is 171 Å². The molecule has 0 aliphatic heterocycles. The largest absolute Gasteiger partial charge is 0.440 e. The van der Waals surface area contributed by atoms with E-state index in [0.29, 0.717) is 0 Å². The zero-order valence-electron chi connectivity index (χ0n) is 39.5. The van der Waals surface area contributed by atoms with Gasteiger partial charge in [-0.1, -0.05) is 0 Å². The van der Waals surface area contributed by atoms with Crippen LogP contribution in [0.25, 0.3) is 0 Å². The summed E-state index contributed by atoms with van der Waals surface area (Å²) in [4.78, 5) is 0. The Morgan fingerprint density at radius 2 is 0.444 bits per heavy atom. The van der Waals surface area contributed by atoms with Gasteiger partial charge in [-0.2, -0.15) is 0 Å². The van der Waals surface area contributed by atoms with Crippen molar-refractivity contribution in [2.75, 3.05) is 0 Å². The van der Waals surface area contributed by atoms with Crippen LogP contribution in [-0.2, 0) is 50.6 Å². The molecule has 0 aromatic rings. The molecule has 0 radical (unpaired) electrons. The standard InChI is InChI=1S/C30H86O12Si12/c1-27(31-47(11,12)39-51(19,20)35-43(3)4)29(33-49(15,16)41-53(23,24)37-45(7)8)30(34-50(17,18)42-54(25,26)38-46(9)10)28(2)32-48(13,14)40-52(21,22)36-44(5)6/h27-30,43-46H,1-26H3. The SMILES string of the molecule is CC(O[Si](C)(C)O[Si](C)(C)O[SiH](C)C)C(O[Si](C)(C)O[Si](C)(C)O[SiH](C)C)C(O[Si](C)(C)O[Si](C)(C)O[SiH](C)C)C(C)O[Si](C)(C)O[Si](C)(C)O[SiH](C)C. The highest BCUT2D eigenvalue weighted by Gasteiger charge is 2.50. The Labute approximate surface area is 348 Å². The molecule has 0 aromatic carbocycles. The van der Waals surface area contributed by atoms with Gasteiger partial charge in [0, 0.05) is 0 Å². The second kappa shape index (κ2) is 21.8. The summed E-state index contributed by atoms with van der Waals surface area (Å²) in [6.45, 7) is 55.1. The van der Waals surface area contributed by atoms with Gasteiger partial charge in [0.1, 0.15) is 0 Å². The molecule has 0 saturated heterocycles. The van der Waals surface area contributed by atoms with Crippen molar-refractivity contribution in [3.05, 3.63) is 0 Å². The molecule has 0 saturated carbocycles. The van der Waals surface area contributed by atoms with E-state index in [4.69, 9.17) is 50.6 Å². The van der Waals surface area contributed by atoms with Crippen LogP contribution in [0.2, 0.25) is 157 Å². The second-order valence-corrected chi connectivity index (χ2v) is 57.9. The van der Waals surface area contributed by atoms with Crippen molar-refractivity contribution in [3.8, 4) is 0 Å². The lowest BCUT2D eigenvalue weighted by Gasteiger charge is -2.47. The van der Waals surface area contributed by atoms with E-state index in [1.54, 1.807) is 0 Å². The summed E-state index contributed by atoms with van der Waals surface area (Å²) in [5.41, 5.74) is 0. The first-order valence-electron chi connectivity index (χ1n) is 19.9. The van der Waals surface area contributed by atoms with Crippen LogP contribution in [0.1, 0.15) is 13.8 Å². The minimum Gasteiger partial charge on any atom is -0.440 e. The minimum atomic E-state index is -2.90. The van der Waals surface area contributed by atoms with Crippen molar-refractivity contribution in [3.63, 3.8) is 0 Å². The topological polar surface area (TPSA) is 111 Å². The summed E-state index contributed by atoms with van der Waals surface area (Å²) in [5.74, 6) is 0. The molecule has 0 N–H and O–H groups in total. The van der Waals surface area contributed by atoms with E-state index in [1.165, 1.54) is 0 Å². The van der Waals surface area contributed by atoms with Gasteiger partial charge in [0.05, 0.1) is 24.4 Å². The molecular weight excluding hydrogens is 889 g/mol. The molecule has 0 amide bonds. The zero-order valence-corrected chi connectivity index (χ0v) is 52.1. The van der Waals surface area contributed by atoms with E-state index in [9.17, 15) is 0 Å². The molecule has 326 valence electrons. The summed E-state index contributed by atoms with van der Waals surface area (Å²) in [6, 6.07) is 0. The Hall–Kier alpha value is 2.12. The maximum Gasteiger partial charge on any atom is 0.323 e. The van der Waals surface area contributed by atoms with Crippen molar-refractivity contribution < 1.29 is 50.6 Å². The predicted octanol–water partition coefficient (Wildman–Crippen LogP) is 8.25. The van der Waals surface area contributed by atoms with E-state index in [1.807, 2.05) is 0 Å². The number of hydrogen-bond acceptors (Lipinski definition) is 12. The fourth-order valence-electron chi connectivity index (χ4n) is 7.38. The zero-order chi connectivity index (χ0) is 43.1. The molecule has 0 heterocycles. The van der Waals surface area contributed by atoms with Crippen LogP contribution < -0.4 is 0 Å². The second-order valence-electron chi connectivity index (χ2n) is 19.1. The average Bonchev–Trinajstić information content (AvgIpc) is 2.78. The first-order chi connectivity index (χ1) is 23.7. The lowest BCUT2D eigenvalue weighted by molar-refractivity contribution is -0.0870. The van der Waals surface area contributed by atoms with Gasteiger partial charge in [-0.05, 0) is 171 Å². The fraction of sp³-hybridized carbons (Fsp3) is 1.00. The van der Waals surface area contributed by atoms with Gasteiger partial charge < -0.3 is 50.6 Å². The smallest absolute Gasteiger partial charge is 0.323 e. The van der Waals surface area contributed by atoms with Gasteiger partial charge in [-0.25, -0.2) is 0 Å². The van der Waals surface area contributed by atoms with Gasteiger partial charge in [0.2, 0.25) is 0 Å². The molecule has 0 spiro atoms. The molecule has 12 nitrogen and oxygen atoms in total. The van der Waals surface area contributed by atoms with Crippen LogP contribution in [0.4, 0.5) is 0 Å². The van der Waals surface area contributed by atoms with Gasteiger partial charge in [-0.3, -0.25) is 0 Å². The van der Waals surface area contributed by atoms with Crippen molar-refractivity contribution in [2.24, 2.45) is 0 Å². The molecule has 0 fully saturated rings. The Morgan fingerprint density at radius 1 is 0.278 bits per heavy atom. The fourth-order valence-corrected chi connectivity index (χ4v) is 51.8. The third-order valence-electron chi connectivity index (χ3n) is 7.07. The first-order valence-corrected chi connectivity index (χ1v) is 53.6. The van der Waals surface area contributed by atoms with Crippen molar-refractivity contribution in [2.45, 2.75) is 195 Å². The van der Waals surface area contributed by atoms with Crippen molar-refractivity contribution in [1.82, 2.24) is 0 Å². The lowest BCUT2D eigenvalue weighted by atomic mass is 10.1. The quantitative estimate of drug-likeness (QED) is 0.0740. The molecule has 4 atom stereocenters. The van der Waals surface area contributed by atoms with Crippen LogP contribution in [0.15, 0.2) is 0 Å². The molecule has 0 bridgehead atoms.